The summed E-state index contributed by atoms with van der Waals surface area (Å²) in [5.41, 5.74) is 3.56. The number of likely N-dealkylation sites (N-methyl/N-ethyl adjacent to an activating group) is 1. The highest BCUT2D eigenvalue weighted by Crippen LogP contribution is 2.27. The number of anilines is 1. The van der Waals surface area contributed by atoms with Crippen molar-refractivity contribution in [3.8, 4) is 11.1 Å². The standard InChI is InChI=1S/C21H26N4O/c1-23(2)11-12-24-9-7-16-3-4-17(13-20(16)24)18-5-6-21(22-14-18)25-10-8-19(26)15-25/h3-7,9,13-14,19,26H,8,10-12,15H2,1-2H3/t19-/m1/s1. The second kappa shape index (κ2) is 7.09. The fourth-order valence-electron chi connectivity index (χ4n) is 3.56. The maximum absolute atomic E-state index is 9.70. The Morgan fingerprint density at radius 3 is 2.69 bits per heavy atom. The van der Waals surface area contributed by atoms with Gasteiger partial charge in [-0.3, -0.25) is 0 Å². The van der Waals surface area contributed by atoms with Crippen LogP contribution < -0.4 is 4.90 Å². The lowest BCUT2D eigenvalue weighted by atomic mass is 10.1. The summed E-state index contributed by atoms with van der Waals surface area (Å²) in [5.74, 6) is 0.945. The number of benzene rings is 1. The van der Waals surface area contributed by atoms with Crippen molar-refractivity contribution in [3.05, 3.63) is 48.8 Å². The minimum absolute atomic E-state index is 0.228. The molecule has 3 heterocycles. The van der Waals surface area contributed by atoms with E-state index >= 15 is 0 Å². The number of pyridine rings is 1. The van der Waals surface area contributed by atoms with Gasteiger partial charge in [0.15, 0.2) is 0 Å². The molecule has 0 radical (unpaired) electrons. The summed E-state index contributed by atoms with van der Waals surface area (Å²) in [4.78, 5) is 8.97. The Hall–Kier alpha value is -2.37. The molecule has 5 nitrogen and oxygen atoms in total. The molecular weight excluding hydrogens is 324 g/mol. The van der Waals surface area contributed by atoms with Crippen LogP contribution in [-0.4, -0.2) is 59.4 Å². The number of aliphatic hydroxyl groups is 1. The average molecular weight is 350 g/mol. The number of hydrogen-bond donors (Lipinski definition) is 1. The lowest BCUT2D eigenvalue weighted by Gasteiger charge is -2.16. The Labute approximate surface area is 154 Å². The van der Waals surface area contributed by atoms with E-state index in [4.69, 9.17) is 0 Å². The highest BCUT2D eigenvalue weighted by molar-refractivity contribution is 5.85. The van der Waals surface area contributed by atoms with Crippen LogP contribution in [0.3, 0.4) is 0 Å². The van der Waals surface area contributed by atoms with Crippen LogP contribution in [-0.2, 0) is 6.54 Å². The average Bonchev–Trinajstić information content (AvgIpc) is 3.26. The summed E-state index contributed by atoms with van der Waals surface area (Å²) in [6, 6.07) is 13.0. The Morgan fingerprint density at radius 1 is 1.15 bits per heavy atom. The zero-order valence-electron chi connectivity index (χ0n) is 15.5. The van der Waals surface area contributed by atoms with Gasteiger partial charge in [-0.25, -0.2) is 4.98 Å². The molecule has 0 unspecified atom stereocenters. The maximum atomic E-state index is 9.70. The molecule has 4 rings (SSSR count). The maximum Gasteiger partial charge on any atom is 0.128 e. The zero-order chi connectivity index (χ0) is 18.1. The molecule has 3 aromatic rings. The molecule has 136 valence electrons. The highest BCUT2D eigenvalue weighted by atomic mass is 16.3. The van der Waals surface area contributed by atoms with Gasteiger partial charge in [0.1, 0.15) is 5.82 Å². The monoisotopic (exact) mass is 350 g/mol. The van der Waals surface area contributed by atoms with E-state index in [1.165, 1.54) is 16.5 Å². The number of fused-ring (bicyclic) bond motifs is 1. The van der Waals surface area contributed by atoms with Crippen LogP contribution in [0.4, 0.5) is 5.82 Å². The predicted octanol–water partition coefficient (Wildman–Crippen LogP) is 2.84. The predicted molar refractivity (Wildman–Crippen MR) is 107 cm³/mol. The van der Waals surface area contributed by atoms with Crippen molar-refractivity contribution in [2.45, 2.75) is 19.1 Å². The summed E-state index contributed by atoms with van der Waals surface area (Å²) in [6.07, 6.45) is 4.70. The van der Waals surface area contributed by atoms with E-state index in [2.05, 4.69) is 76.0 Å². The topological polar surface area (TPSA) is 44.5 Å². The van der Waals surface area contributed by atoms with E-state index in [1.807, 2.05) is 6.20 Å². The molecule has 0 aliphatic carbocycles. The van der Waals surface area contributed by atoms with Crippen molar-refractivity contribution in [1.29, 1.82) is 0 Å². The van der Waals surface area contributed by atoms with E-state index in [0.29, 0.717) is 6.54 Å². The Morgan fingerprint density at radius 2 is 2.00 bits per heavy atom. The summed E-state index contributed by atoms with van der Waals surface area (Å²) in [7, 11) is 4.20. The van der Waals surface area contributed by atoms with Gasteiger partial charge in [0.25, 0.3) is 0 Å². The third-order valence-electron chi connectivity index (χ3n) is 5.13. The molecule has 26 heavy (non-hydrogen) atoms. The molecule has 2 aromatic heterocycles. The van der Waals surface area contributed by atoms with E-state index in [1.54, 1.807) is 0 Å². The molecule has 0 amide bonds. The van der Waals surface area contributed by atoms with Gasteiger partial charge >= 0.3 is 0 Å². The number of β-amino-alcohol motifs (C(OH)–C–C–N with tert-alkyl or cyclic N) is 1. The molecule has 1 N–H and O–H groups in total. The summed E-state index contributed by atoms with van der Waals surface area (Å²) in [6.45, 7) is 3.55. The molecule has 1 aliphatic heterocycles. The van der Waals surface area contributed by atoms with Crippen LogP contribution in [0, 0.1) is 0 Å². The number of aliphatic hydroxyl groups excluding tert-OH is 1. The first-order chi connectivity index (χ1) is 12.6. The van der Waals surface area contributed by atoms with Crippen LogP contribution in [0.2, 0.25) is 0 Å². The lowest BCUT2D eigenvalue weighted by Crippen LogP contribution is -2.21. The Bertz CT molecular complexity index is 885. The van der Waals surface area contributed by atoms with E-state index in [0.717, 1.165) is 37.4 Å². The first-order valence-electron chi connectivity index (χ1n) is 9.23. The zero-order valence-corrected chi connectivity index (χ0v) is 15.5. The van der Waals surface area contributed by atoms with Crippen molar-refractivity contribution in [1.82, 2.24) is 14.5 Å². The summed E-state index contributed by atoms with van der Waals surface area (Å²) < 4.78 is 2.31. The van der Waals surface area contributed by atoms with E-state index in [9.17, 15) is 5.11 Å². The molecule has 1 atom stereocenters. The van der Waals surface area contributed by atoms with E-state index in [-0.39, 0.29) is 6.10 Å². The van der Waals surface area contributed by atoms with Gasteiger partial charge in [0.2, 0.25) is 0 Å². The minimum Gasteiger partial charge on any atom is -0.391 e. The molecule has 1 fully saturated rings. The first kappa shape index (κ1) is 17.1. The van der Waals surface area contributed by atoms with Crippen molar-refractivity contribution >= 4 is 16.7 Å². The van der Waals surface area contributed by atoms with Gasteiger partial charge in [0.05, 0.1) is 6.10 Å². The van der Waals surface area contributed by atoms with E-state index < -0.39 is 0 Å². The van der Waals surface area contributed by atoms with Gasteiger partial charge in [-0.2, -0.15) is 0 Å². The normalized spacial score (nSPS) is 17.5. The van der Waals surface area contributed by atoms with Crippen LogP contribution in [0.15, 0.2) is 48.8 Å². The number of rotatable bonds is 5. The van der Waals surface area contributed by atoms with Crippen molar-refractivity contribution in [2.75, 3.05) is 38.6 Å². The van der Waals surface area contributed by atoms with Gasteiger partial charge in [-0.1, -0.05) is 12.1 Å². The summed E-state index contributed by atoms with van der Waals surface area (Å²) in [5, 5.41) is 11.0. The van der Waals surface area contributed by atoms with Crippen molar-refractivity contribution in [3.63, 3.8) is 0 Å². The largest absolute Gasteiger partial charge is 0.391 e. The summed E-state index contributed by atoms with van der Waals surface area (Å²) >= 11 is 0. The quantitative estimate of drug-likeness (QED) is 0.768. The molecular formula is C21H26N4O. The van der Waals surface area contributed by atoms with Crippen LogP contribution >= 0.6 is 0 Å². The van der Waals surface area contributed by atoms with Gasteiger partial charge in [-0.15, -0.1) is 0 Å². The van der Waals surface area contributed by atoms with Crippen LogP contribution in [0.25, 0.3) is 22.0 Å². The third-order valence-corrected chi connectivity index (χ3v) is 5.13. The fraction of sp³-hybridized carbons (Fsp3) is 0.381. The Balaban J connectivity index is 1.58. The highest BCUT2D eigenvalue weighted by Gasteiger charge is 2.21. The second-order valence-electron chi connectivity index (χ2n) is 7.38. The lowest BCUT2D eigenvalue weighted by molar-refractivity contribution is 0.198. The first-order valence-corrected chi connectivity index (χ1v) is 9.23. The third kappa shape index (κ3) is 3.45. The number of aromatic nitrogens is 2. The van der Waals surface area contributed by atoms with Gasteiger partial charge in [0, 0.05) is 49.7 Å². The molecule has 1 aliphatic rings. The Kier molecular flexibility index (Phi) is 4.66. The molecule has 1 aromatic carbocycles. The fourth-order valence-corrected chi connectivity index (χ4v) is 3.56. The second-order valence-corrected chi connectivity index (χ2v) is 7.38. The van der Waals surface area contributed by atoms with Gasteiger partial charge in [-0.05, 0) is 55.7 Å². The molecule has 0 spiro atoms. The smallest absolute Gasteiger partial charge is 0.128 e. The number of hydrogen-bond acceptors (Lipinski definition) is 4. The number of nitrogens with zero attached hydrogens (tertiary/aromatic N) is 4. The minimum atomic E-state index is -0.228. The van der Waals surface area contributed by atoms with Crippen LogP contribution in [0.5, 0.6) is 0 Å². The molecule has 1 saturated heterocycles. The SMILES string of the molecule is CN(C)CCn1ccc2ccc(-c3ccc(N4CC[C@@H](O)C4)nc3)cc21. The molecule has 0 bridgehead atoms. The van der Waals surface area contributed by atoms with Gasteiger partial charge < -0.3 is 19.5 Å². The molecule has 0 saturated carbocycles. The molecule has 5 heteroatoms. The van der Waals surface area contributed by atoms with Crippen LogP contribution in [0.1, 0.15) is 6.42 Å². The van der Waals surface area contributed by atoms with Crippen molar-refractivity contribution < 1.29 is 5.11 Å². The van der Waals surface area contributed by atoms with Crippen molar-refractivity contribution in [2.24, 2.45) is 0 Å².